The zero-order valence-corrected chi connectivity index (χ0v) is 18.7. The maximum Gasteiger partial charge on any atom is 0.267 e. The van der Waals surface area contributed by atoms with E-state index in [2.05, 4.69) is 11.9 Å². The maximum absolute atomic E-state index is 13.7. The van der Waals surface area contributed by atoms with Gasteiger partial charge in [0, 0.05) is 29.8 Å². The highest BCUT2D eigenvalue weighted by molar-refractivity contribution is 7.99. The van der Waals surface area contributed by atoms with Gasteiger partial charge in [0.25, 0.3) is 5.56 Å². The van der Waals surface area contributed by atoms with Gasteiger partial charge in [0.2, 0.25) is 0 Å². The van der Waals surface area contributed by atoms with Gasteiger partial charge in [-0.25, -0.2) is 4.98 Å². The standard InChI is InChI=1S/C21H25N3O4S2/c1-23-7-6-16-17(13-23)30-19-18(16)20(26)24(14-4-3-5-15(12-14)27-2)21(22-19)29-11-10-28-9-8-25/h3-5,12,25H,6-11,13H2,1-2H3. The number of aromatic nitrogens is 2. The fourth-order valence-corrected chi connectivity index (χ4v) is 5.79. The number of hydrogen-bond acceptors (Lipinski definition) is 8. The highest BCUT2D eigenvalue weighted by Gasteiger charge is 2.24. The summed E-state index contributed by atoms with van der Waals surface area (Å²) in [6, 6.07) is 7.49. The van der Waals surface area contributed by atoms with Crippen LogP contribution < -0.4 is 10.3 Å². The van der Waals surface area contributed by atoms with Crippen LogP contribution in [0.15, 0.2) is 34.2 Å². The summed E-state index contributed by atoms with van der Waals surface area (Å²) in [6.45, 7) is 2.57. The lowest BCUT2D eigenvalue weighted by molar-refractivity contribution is 0.103. The lowest BCUT2D eigenvalue weighted by atomic mass is 10.1. The summed E-state index contributed by atoms with van der Waals surface area (Å²) in [6.07, 6.45) is 0.863. The molecule has 0 unspecified atom stereocenters. The summed E-state index contributed by atoms with van der Waals surface area (Å²) >= 11 is 3.10. The average Bonchev–Trinajstić information content (AvgIpc) is 3.11. The minimum absolute atomic E-state index is 0.00140. The second-order valence-corrected chi connectivity index (χ2v) is 9.24. The van der Waals surface area contributed by atoms with E-state index in [4.69, 9.17) is 19.6 Å². The van der Waals surface area contributed by atoms with Crippen molar-refractivity contribution in [3.05, 3.63) is 45.1 Å². The van der Waals surface area contributed by atoms with Crippen molar-refractivity contribution in [2.75, 3.05) is 46.3 Å². The van der Waals surface area contributed by atoms with E-state index in [0.29, 0.717) is 29.9 Å². The van der Waals surface area contributed by atoms with Gasteiger partial charge in [-0.1, -0.05) is 17.8 Å². The molecule has 0 bridgehead atoms. The summed E-state index contributed by atoms with van der Waals surface area (Å²) in [5, 5.41) is 10.3. The molecule has 9 heteroatoms. The highest BCUT2D eigenvalue weighted by Crippen LogP contribution is 2.34. The van der Waals surface area contributed by atoms with Gasteiger partial charge in [0.05, 0.1) is 38.0 Å². The molecular formula is C21H25N3O4S2. The summed E-state index contributed by atoms with van der Waals surface area (Å²) in [4.78, 5) is 22.9. The van der Waals surface area contributed by atoms with Gasteiger partial charge in [0.1, 0.15) is 10.6 Å². The van der Waals surface area contributed by atoms with Crippen molar-refractivity contribution in [3.8, 4) is 11.4 Å². The van der Waals surface area contributed by atoms with Crippen molar-refractivity contribution >= 4 is 33.3 Å². The molecule has 3 heterocycles. The number of thioether (sulfide) groups is 1. The van der Waals surface area contributed by atoms with Crippen molar-refractivity contribution in [2.45, 2.75) is 18.1 Å². The molecule has 0 saturated heterocycles. The largest absolute Gasteiger partial charge is 0.497 e. The molecule has 1 aliphatic rings. The fourth-order valence-electron chi connectivity index (χ4n) is 3.58. The molecule has 0 saturated carbocycles. The topological polar surface area (TPSA) is 76.8 Å². The molecule has 0 amide bonds. The first-order valence-corrected chi connectivity index (χ1v) is 11.6. The Bertz CT molecular complexity index is 1100. The molecule has 0 spiro atoms. The Morgan fingerprint density at radius 1 is 1.33 bits per heavy atom. The number of ether oxygens (including phenoxy) is 2. The monoisotopic (exact) mass is 447 g/mol. The SMILES string of the molecule is COc1cccc(-n2c(SCCOCCO)nc3sc4c(c3c2=O)CCN(C)C4)c1. The van der Waals surface area contributed by atoms with E-state index in [1.165, 1.54) is 16.6 Å². The molecule has 4 rings (SSSR count). The Morgan fingerprint density at radius 3 is 3.00 bits per heavy atom. The van der Waals surface area contributed by atoms with Crippen molar-refractivity contribution in [1.29, 1.82) is 0 Å². The minimum atomic E-state index is -0.0333. The van der Waals surface area contributed by atoms with Crippen LogP contribution in [0.1, 0.15) is 10.4 Å². The first-order valence-electron chi connectivity index (χ1n) is 9.84. The Kier molecular flexibility index (Phi) is 6.74. The number of likely N-dealkylation sites (N-methyl/N-ethyl adjacent to an activating group) is 1. The third kappa shape index (κ3) is 4.26. The van der Waals surface area contributed by atoms with Crippen LogP contribution in [0.25, 0.3) is 15.9 Å². The molecule has 30 heavy (non-hydrogen) atoms. The lowest BCUT2D eigenvalue weighted by Crippen LogP contribution is -2.27. The Labute approximate surface area is 183 Å². The van der Waals surface area contributed by atoms with Crippen LogP contribution in [0.4, 0.5) is 0 Å². The molecule has 3 aromatic rings. The van der Waals surface area contributed by atoms with E-state index < -0.39 is 0 Å². The molecule has 1 aliphatic heterocycles. The number of thiophene rings is 1. The van der Waals surface area contributed by atoms with E-state index in [1.54, 1.807) is 23.0 Å². The summed E-state index contributed by atoms with van der Waals surface area (Å²) in [7, 11) is 3.71. The van der Waals surface area contributed by atoms with Gasteiger partial charge in [0.15, 0.2) is 5.16 Å². The number of methoxy groups -OCH3 is 1. The quantitative estimate of drug-likeness (QED) is 0.323. The highest BCUT2D eigenvalue weighted by atomic mass is 32.2. The third-order valence-electron chi connectivity index (χ3n) is 5.04. The maximum atomic E-state index is 13.7. The molecule has 7 nitrogen and oxygen atoms in total. The van der Waals surface area contributed by atoms with Crippen LogP contribution in [0.5, 0.6) is 5.75 Å². The molecule has 0 aliphatic carbocycles. The molecular weight excluding hydrogens is 422 g/mol. The third-order valence-corrected chi connectivity index (χ3v) is 7.05. The van der Waals surface area contributed by atoms with Crippen molar-refractivity contribution < 1.29 is 14.6 Å². The number of fused-ring (bicyclic) bond motifs is 3. The van der Waals surface area contributed by atoms with Gasteiger partial charge in [-0.05, 0) is 31.2 Å². The van der Waals surface area contributed by atoms with Gasteiger partial charge in [-0.2, -0.15) is 0 Å². The zero-order valence-electron chi connectivity index (χ0n) is 17.1. The molecule has 160 valence electrons. The zero-order chi connectivity index (χ0) is 21.1. The number of aliphatic hydroxyl groups is 1. The van der Waals surface area contributed by atoms with E-state index in [1.807, 2.05) is 24.3 Å². The van der Waals surface area contributed by atoms with Crippen LogP contribution in [0, 0.1) is 0 Å². The van der Waals surface area contributed by atoms with Crippen molar-refractivity contribution in [3.63, 3.8) is 0 Å². The van der Waals surface area contributed by atoms with Gasteiger partial charge in [-0.3, -0.25) is 9.36 Å². The number of nitrogens with zero attached hydrogens (tertiary/aromatic N) is 3. The Hall–Kier alpha value is -1.91. The molecule has 1 N–H and O–H groups in total. The normalized spacial score (nSPS) is 14.2. The number of benzene rings is 1. The fraction of sp³-hybridized carbons (Fsp3) is 0.429. The number of rotatable bonds is 8. The predicted molar refractivity (Wildman–Crippen MR) is 120 cm³/mol. The molecule has 1 aromatic carbocycles. The van der Waals surface area contributed by atoms with Gasteiger partial charge < -0.3 is 19.5 Å². The minimum Gasteiger partial charge on any atom is -0.497 e. The smallest absolute Gasteiger partial charge is 0.267 e. The van der Waals surface area contributed by atoms with E-state index in [-0.39, 0.29) is 12.2 Å². The molecule has 2 aromatic heterocycles. The second kappa shape index (κ2) is 9.49. The number of aliphatic hydroxyl groups excluding tert-OH is 1. The Balaban J connectivity index is 1.81. The molecule has 0 fully saturated rings. The van der Waals surface area contributed by atoms with Gasteiger partial charge in [-0.15, -0.1) is 11.3 Å². The van der Waals surface area contributed by atoms with Crippen LogP contribution >= 0.6 is 23.1 Å². The predicted octanol–water partition coefficient (Wildman–Crippen LogP) is 2.54. The van der Waals surface area contributed by atoms with Crippen LogP contribution in [0.2, 0.25) is 0 Å². The van der Waals surface area contributed by atoms with Gasteiger partial charge >= 0.3 is 0 Å². The Morgan fingerprint density at radius 2 is 2.20 bits per heavy atom. The average molecular weight is 448 g/mol. The lowest BCUT2D eigenvalue weighted by Gasteiger charge is -2.21. The molecule has 0 radical (unpaired) electrons. The van der Waals surface area contributed by atoms with E-state index >= 15 is 0 Å². The number of hydrogen-bond donors (Lipinski definition) is 1. The van der Waals surface area contributed by atoms with E-state index in [9.17, 15) is 4.79 Å². The van der Waals surface area contributed by atoms with Crippen LogP contribution in [0.3, 0.4) is 0 Å². The summed E-state index contributed by atoms with van der Waals surface area (Å²) in [5.74, 6) is 1.33. The summed E-state index contributed by atoms with van der Waals surface area (Å²) in [5.41, 5.74) is 1.85. The van der Waals surface area contributed by atoms with Crippen LogP contribution in [-0.4, -0.2) is 65.8 Å². The van der Waals surface area contributed by atoms with E-state index in [0.717, 1.165) is 41.0 Å². The van der Waals surface area contributed by atoms with Crippen molar-refractivity contribution in [1.82, 2.24) is 14.5 Å². The first kappa shape index (κ1) is 21.3. The first-order chi connectivity index (χ1) is 14.6. The summed E-state index contributed by atoms with van der Waals surface area (Å²) < 4.78 is 12.4. The second-order valence-electron chi connectivity index (χ2n) is 7.09. The van der Waals surface area contributed by atoms with Crippen molar-refractivity contribution in [2.24, 2.45) is 0 Å². The van der Waals surface area contributed by atoms with Crippen LogP contribution in [-0.2, 0) is 17.7 Å². The molecule has 0 atom stereocenters.